The highest BCUT2D eigenvalue weighted by molar-refractivity contribution is 7.80. The Kier molecular flexibility index (Phi) is 6.73. The number of carbonyl (C=O) groups is 1. The largest absolute Gasteiger partial charge is 0.462 e. The summed E-state index contributed by atoms with van der Waals surface area (Å²) in [7, 11) is 0. The van der Waals surface area contributed by atoms with Gasteiger partial charge >= 0.3 is 5.97 Å². The van der Waals surface area contributed by atoms with Gasteiger partial charge < -0.3 is 15.4 Å². The van der Waals surface area contributed by atoms with Gasteiger partial charge in [-0.3, -0.25) is 0 Å². The van der Waals surface area contributed by atoms with Crippen molar-refractivity contribution in [3.63, 3.8) is 0 Å². The zero-order valence-corrected chi connectivity index (χ0v) is 17.3. The normalized spacial score (nSPS) is 10.4. The first-order valence-electron chi connectivity index (χ1n) is 8.90. The summed E-state index contributed by atoms with van der Waals surface area (Å²) in [6.07, 6.45) is 2.43. The van der Waals surface area contributed by atoms with Crippen LogP contribution in [0.25, 0.3) is 0 Å². The standard InChI is InChI=1S/C21H21N3O2S2/c1-3-26-20(25)17-13-16(12-15-9-5-4-6-10-15)28-19(17)24-21(27)23-18-14(2)8-7-11-22-18/h4-11,13H,3,12H2,1-2H3,(H2,22,23,24,27). The molecule has 7 heteroatoms. The van der Waals surface area contributed by atoms with E-state index in [1.54, 1.807) is 13.1 Å². The average Bonchev–Trinajstić information content (AvgIpc) is 3.07. The Balaban J connectivity index is 1.80. The van der Waals surface area contributed by atoms with Crippen LogP contribution in [0.1, 0.15) is 33.3 Å². The molecule has 0 aliphatic carbocycles. The minimum Gasteiger partial charge on any atom is -0.462 e. The number of nitrogens with one attached hydrogen (secondary N) is 2. The first-order valence-corrected chi connectivity index (χ1v) is 10.1. The predicted molar refractivity (Wildman–Crippen MR) is 118 cm³/mol. The second kappa shape index (κ2) is 9.43. The molecule has 2 N–H and O–H groups in total. The maximum atomic E-state index is 12.4. The molecule has 2 heterocycles. The van der Waals surface area contributed by atoms with Crippen molar-refractivity contribution in [1.29, 1.82) is 0 Å². The molecule has 0 unspecified atom stereocenters. The maximum absolute atomic E-state index is 12.4. The van der Waals surface area contributed by atoms with Crippen LogP contribution in [-0.2, 0) is 11.2 Å². The summed E-state index contributed by atoms with van der Waals surface area (Å²) in [5.41, 5.74) is 2.64. The van der Waals surface area contributed by atoms with Crippen molar-refractivity contribution in [3.8, 4) is 0 Å². The SMILES string of the molecule is CCOC(=O)c1cc(Cc2ccccc2)sc1NC(=S)Nc1ncccc1C. The van der Waals surface area contributed by atoms with E-state index in [1.807, 2.05) is 43.3 Å². The second-order valence-electron chi connectivity index (χ2n) is 6.09. The zero-order valence-electron chi connectivity index (χ0n) is 15.7. The molecule has 0 saturated heterocycles. The summed E-state index contributed by atoms with van der Waals surface area (Å²) in [5.74, 6) is 0.316. The average molecular weight is 412 g/mol. The van der Waals surface area contributed by atoms with Gasteiger partial charge in [-0.25, -0.2) is 9.78 Å². The van der Waals surface area contributed by atoms with Crippen LogP contribution in [0.3, 0.4) is 0 Å². The number of ether oxygens (including phenoxy) is 1. The smallest absolute Gasteiger partial charge is 0.341 e. The Labute approximate surface area is 173 Å². The number of benzene rings is 1. The van der Waals surface area contributed by atoms with Gasteiger partial charge in [0.15, 0.2) is 5.11 Å². The highest BCUT2D eigenvalue weighted by Crippen LogP contribution is 2.31. The quantitative estimate of drug-likeness (QED) is 0.438. The number of thiophene rings is 1. The van der Waals surface area contributed by atoms with Crippen LogP contribution in [0.2, 0.25) is 0 Å². The number of carbonyl (C=O) groups excluding carboxylic acids is 1. The molecule has 0 spiro atoms. The van der Waals surface area contributed by atoms with E-state index in [9.17, 15) is 4.79 Å². The van der Waals surface area contributed by atoms with Crippen molar-refractivity contribution in [2.75, 3.05) is 17.2 Å². The number of esters is 1. The minimum absolute atomic E-state index is 0.317. The van der Waals surface area contributed by atoms with E-state index in [0.29, 0.717) is 28.1 Å². The molecule has 2 aromatic heterocycles. The van der Waals surface area contributed by atoms with Crippen molar-refractivity contribution in [3.05, 3.63) is 76.3 Å². The third-order valence-electron chi connectivity index (χ3n) is 3.97. The Bertz CT molecular complexity index is 971. The van der Waals surface area contributed by atoms with Gasteiger partial charge in [0.2, 0.25) is 0 Å². The molecule has 0 saturated carbocycles. The first kappa shape index (κ1) is 20.0. The fourth-order valence-electron chi connectivity index (χ4n) is 2.64. The Morgan fingerprint density at radius 3 is 2.68 bits per heavy atom. The molecule has 5 nitrogen and oxygen atoms in total. The molecular weight excluding hydrogens is 390 g/mol. The number of aryl methyl sites for hydroxylation is 1. The highest BCUT2D eigenvalue weighted by Gasteiger charge is 2.18. The minimum atomic E-state index is -0.364. The zero-order chi connectivity index (χ0) is 19.9. The van der Waals surface area contributed by atoms with E-state index < -0.39 is 0 Å². The van der Waals surface area contributed by atoms with Gasteiger partial charge in [-0.1, -0.05) is 36.4 Å². The lowest BCUT2D eigenvalue weighted by Crippen LogP contribution is -2.21. The van der Waals surface area contributed by atoms with Gasteiger partial charge in [0.1, 0.15) is 10.8 Å². The lowest BCUT2D eigenvalue weighted by molar-refractivity contribution is 0.0528. The fraction of sp³-hybridized carbons (Fsp3) is 0.190. The van der Waals surface area contributed by atoms with Crippen molar-refractivity contribution < 1.29 is 9.53 Å². The number of nitrogens with zero attached hydrogens (tertiary/aromatic N) is 1. The predicted octanol–water partition coefficient (Wildman–Crippen LogP) is 5.03. The Hall–Kier alpha value is -2.77. The lowest BCUT2D eigenvalue weighted by Gasteiger charge is -2.11. The summed E-state index contributed by atoms with van der Waals surface area (Å²) in [6.45, 7) is 4.06. The number of rotatable bonds is 6. The molecule has 0 aliphatic rings. The topological polar surface area (TPSA) is 63.2 Å². The van der Waals surface area contributed by atoms with Crippen LogP contribution in [0, 0.1) is 6.92 Å². The van der Waals surface area contributed by atoms with Crippen molar-refractivity contribution >= 4 is 45.5 Å². The lowest BCUT2D eigenvalue weighted by atomic mass is 10.1. The van der Waals surface area contributed by atoms with Gasteiger partial charge in [0, 0.05) is 17.5 Å². The van der Waals surface area contributed by atoms with E-state index >= 15 is 0 Å². The Morgan fingerprint density at radius 1 is 1.18 bits per heavy atom. The molecular formula is C21H21N3O2S2. The number of aromatic nitrogens is 1. The summed E-state index contributed by atoms with van der Waals surface area (Å²) in [5, 5.41) is 7.25. The van der Waals surface area contributed by atoms with Gasteiger partial charge in [-0.2, -0.15) is 0 Å². The van der Waals surface area contributed by atoms with Crippen molar-refractivity contribution in [2.24, 2.45) is 0 Å². The summed E-state index contributed by atoms with van der Waals surface area (Å²) < 4.78 is 5.20. The van der Waals surface area contributed by atoms with Gasteiger partial charge in [0.25, 0.3) is 0 Å². The van der Waals surface area contributed by atoms with Crippen LogP contribution in [0.15, 0.2) is 54.7 Å². The van der Waals surface area contributed by atoms with Crippen molar-refractivity contribution in [2.45, 2.75) is 20.3 Å². The number of hydrogen-bond donors (Lipinski definition) is 2. The monoisotopic (exact) mass is 411 g/mol. The van der Waals surface area contributed by atoms with Crippen LogP contribution in [-0.4, -0.2) is 22.7 Å². The molecule has 28 heavy (non-hydrogen) atoms. The fourth-order valence-corrected chi connectivity index (χ4v) is 3.98. The highest BCUT2D eigenvalue weighted by atomic mass is 32.1. The molecule has 3 aromatic rings. The molecule has 0 radical (unpaired) electrons. The molecule has 0 aliphatic heterocycles. The van der Waals surface area contributed by atoms with Crippen LogP contribution >= 0.6 is 23.6 Å². The number of pyridine rings is 1. The molecule has 144 valence electrons. The van der Waals surface area contributed by atoms with Crippen molar-refractivity contribution in [1.82, 2.24) is 4.98 Å². The second-order valence-corrected chi connectivity index (χ2v) is 7.63. The molecule has 0 amide bonds. The molecule has 0 fully saturated rings. The Morgan fingerprint density at radius 2 is 1.96 bits per heavy atom. The van der Waals surface area contributed by atoms with E-state index in [2.05, 4.69) is 27.8 Å². The van der Waals surface area contributed by atoms with Gasteiger partial charge in [0.05, 0.1) is 12.2 Å². The van der Waals surface area contributed by atoms with Crippen LogP contribution in [0.4, 0.5) is 10.8 Å². The van der Waals surface area contributed by atoms with Crippen LogP contribution < -0.4 is 10.6 Å². The van der Waals surface area contributed by atoms with Crippen LogP contribution in [0.5, 0.6) is 0 Å². The number of anilines is 2. The first-order chi connectivity index (χ1) is 13.6. The molecule has 0 bridgehead atoms. The van der Waals surface area contributed by atoms with Gasteiger partial charge in [-0.05, 0) is 49.3 Å². The molecule has 1 aromatic carbocycles. The molecule has 0 atom stereocenters. The van der Waals surface area contributed by atoms with E-state index in [1.165, 1.54) is 16.9 Å². The summed E-state index contributed by atoms with van der Waals surface area (Å²) in [6, 6.07) is 15.8. The van der Waals surface area contributed by atoms with E-state index in [-0.39, 0.29) is 5.97 Å². The van der Waals surface area contributed by atoms with E-state index in [0.717, 1.165) is 16.9 Å². The van der Waals surface area contributed by atoms with Gasteiger partial charge in [-0.15, -0.1) is 11.3 Å². The third kappa shape index (κ3) is 5.15. The maximum Gasteiger partial charge on any atom is 0.341 e. The van der Waals surface area contributed by atoms with E-state index in [4.69, 9.17) is 17.0 Å². The summed E-state index contributed by atoms with van der Waals surface area (Å²) in [4.78, 5) is 17.7. The third-order valence-corrected chi connectivity index (χ3v) is 5.22. The number of hydrogen-bond acceptors (Lipinski definition) is 5. The summed E-state index contributed by atoms with van der Waals surface area (Å²) >= 11 is 6.91. The number of thiocarbonyl (C=S) groups is 1. The molecule has 3 rings (SSSR count).